The third kappa shape index (κ3) is 2.93. The highest BCUT2D eigenvalue weighted by Gasteiger charge is 2.47. The number of hydrazine groups is 1. The molecule has 0 N–H and O–H groups in total. The molecular weight excluding hydrogens is 266 g/mol. The number of rotatable bonds is 6. The molecule has 2 aliphatic rings. The Labute approximate surface area is 128 Å². The van der Waals surface area contributed by atoms with E-state index < -0.39 is 0 Å². The molecule has 2 heterocycles. The number of amides is 2. The molecule has 5 nitrogen and oxygen atoms in total. The topological polar surface area (TPSA) is 43.9 Å². The van der Waals surface area contributed by atoms with Crippen molar-refractivity contribution in [1.29, 1.82) is 0 Å². The number of unbranched alkanes of at least 4 members (excludes halogenated alkanes) is 1. The molecule has 0 bridgehead atoms. The van der Waals surface area contributed by atoms with Crippen LogP contribution < -0.4 is 0 Å². The first-order valence-electron chi connectivity index (χ1n) is 8.28. The maximum Gasteiger partial charge on any atom is 0.335 e. The van der Waals surface area contributed by atoms with Crippen LogP contribution in [0.4, 0.5) is 4.79 Å². The summed E-state index contributed by atoms with van der Waals surface area (Å²) in [6, 6.07) is -0.284. The van der Waals surface area contributed by atoms with E-state index in [2.05, 4.69) is 25.8 Å². The van der Waals surface area contributed by atoms with Crippen molar-refractivity contribution in [1.82, 2.24) is 14.9 Å². The Balaban J connectivity index is 2.16. The number of carbonyl (C=O) groups is 2. The van der Waals surface area contributed by atoms with Gasteiger partial charge in [0.15, 0.2) is 5.78 Å². The molecule has 2 amide bonds. The van der Waals surface area contributed by atoms with Crippen molar-refractivity contribution >= 4 is 11.8 Å². The Morgan fingerprint density at radius 2 is 2.00 bits per heavy atom. The summed E-state index contributed by atoms with van der Waals surface area (Å²) in [5, 5.41) is 3.78. The van der Waals surface area contributed by atoms with E-state index >= 15 is 0 Å². The summed E-state index contributed by atoms with van der Waals surface area (Å²) in [6.45, 7) is 8.72. The third-order valence-corrected chi connectivity index (χ3v) is 5.24. The number of likely N-dealkylation sites (N-methyl/N-ethyl adjacent to an activating group) is 1. The van der Waals surface area contributed by atoms with Crippen molar-refractivity contribution in [3.05, 3.63) is 0 Å². The zero-order valence-electron chi connectivity index (χ0n) is 13.9. The second kappa shape index (κ2) is 6.34. The van der Waals surface area contributed by atoms with Gasteiger partial charge < -0.3 is 4.90 Å². The zero-order chi connectivity index (χ0) is 15.6. The molecule has 2 saturated heterocycles. The first-order valence-corrected chi connectivity index (χ1v) is 8.28. The average molecular weight is 295 g/mol. The van der Waals surface area contributed by atoms with Crippen LogP contribution in [0.1, 0.15) is 52.9 Å². The summed E-state index contributed by atoms with van der Waals surface area (Å²) < 4.78 is 0. The highest BCUT2D eigenvalue weighted by molar-refractivity contribution is 5.93. The molecular formula is C16H29N3O2. The average Bonchev–Trinajstić information content (AvgIpc) is 2.92. The Bertz CT molecular complexity index is 412. The molecule has 2 atom stereocenters. The molecule has 0 aromatic carbocycles. The van der Waals surface area contributed by atoms with Gasteiger partial charge in [0.1, 0.15) is 6.04 Å². The van der Waals surface area contributed by atoms with Crippen LogP contribution in [0.25, 0.3) is 0 Å². The number of ketones is 1. The minimum atomic E-state index is -0.299. The normalized spacial score (nSPS) is 25.9. The summed E-state index contributed by atoms with van der Waals surface area (Å²) in [5.41, 5.74) is -0.299. The molecule has 5 heteroatoms. The standard InChI is InChI=1S/C16H29N3O2/c1-5-7-9-16(3,6-2)14(20)13-8-10-18-12-11-17(4)15(21)19(13)18/h13H,5-12H2,1-4H3/t13-,16?/m0/s1. The van der Waals surface area contributed by atoms with Gasteiger partial charge in [-0.2, -0.15) is 0 Å². The van der Waals surface area contributed by atoms with Gasteiger partial charge in [0, 0.05) is 32.1 Å². The molecule has 2 rings (SSSR count). The van der Waals surface area contributed by atoms with Gasteiger partial charge in [-0.05, 0) is 19.3 Å². The van der Waals surface area contributed by atoms with E-state index in [0.717, 1.165) is 51.7 Å². The monoisotopic (exact) mass is 295 g/mol. The summed E-state index contributed by atoms with van der Waals surface area (Å²) in [6.07, 6.45) is 4.72. The van der Waals surface area contributed by atoms with E-state index in [0.29, 0.717) is 0 Å². The smallest absolute Gasteiger partial charge is 0.325 e. The molecule has 2 aliphatic heterocycles. The van der Waals surface area contributed by atoms with Crippen LogP contribution in [0, 0.1) is 5.41 Å². The first-order chi connectivity index (χ1) is 9.94. The van der Waals surface area contributed by atoms with E-state index in [-0.39, 0.29) is 23.3 Å². The van der Waals surface area contributed by atoms with Crippen LogP contribution in [-0.4, -0.2) is 59.5 Å². The largest absolute Gasteiger partial charge is 0.335 e. The Morgan fingerprint density at radius 1 is 1.29 bits per heavy atom. The number of Topliss-reactive ketones (excluding diaryl/α,β-unsaturated/α-hetero) is 1. The lowest BCUT2D eigenvalue weighted by atomic mass is 9.75. The van der Waals surface area contributed by atoms with Crippen LogP contribution in [0.3, 0.4) is 0 Å². The van der Waals surface area contributed by atoms with Crippen molar-refractivity contribution in [2.24, 2.45) is 5.41 Å². The molecule has 0 radical (unpaired) electrons. The van der Waals surface area contributed by atoms with Gasteiger partial charge in [-0.1, -0.05) is 33.6 Å². The summed E-state index contributed by atoms with van der Waals surface area (Å²) in [4.78, 5) is 27.2. The van der Waals surface area contributed by atoms with Crippen LogP contribution in [-0.2, 0) is 4.79 Å². The van der Waals surface area contributed by atoms with Gasteiger partial charge in [0.2, 0.25) is 0 Å². The van der Waals surface area contributed by atoms with Crippen molar-refractivity contribution < 1.29 is 9.59 Å². The maximum absolute atomic E-state index is 13.1. The Hall–Kier alpha value is -1.10. The lowest BCUT2D eigenvalue weighted by molar-refractivity contribution is -0.136. The van der Waals surface area contributed by atoms with Crippen molar-refractivity contribution in [3.8, 4) is 0 Å². The quantitative estimate of drug-likeness (QED) is 0.756. The second-order valence-corrected chi connectivity index (χ2v) is 6.69. The Morgan fingerprint density at radius 3 is 2.62 bits per heavy atom. The number of urea groups is 1. The van der Waals surface area contributed by atoms with Gasteiger partial charge >= 0.3 is 6.03 Å². The van der Waals surface area contributed by atoms with Crippen LogP contribution in [0.2, 0.25) is 0 Å². The number of hydrogen-bond donors (Lipinski definition) is 0. The predicted octanol–water partition coefficient (Wildman–Crippen LogP) is 2.52. The fraction of sp³-hybridized carbons (Fsp3) is 0.875. The van der Waals surface area contributed by atoms with Crippen molar-refractivity contribution in [2.75, 3.05) is 26.7 Å². The van der Waals surface area contributed by atoms with E-state index in [9.17, 15) is 9.59 Å². The molecule has 1 unspecified atom stereocenters. The first kappa shape index (κ1) is 16.3. The van der Waals surface area contributed by atoms with Crippen LogP contribution >= 0.6 is 0 Å². The van der Waals surface area contributed by atoms with Gasteiger partial charge in [0.05, 0.1) is 0 Å². The molecule has 2 fully saturated rings. The predicted molar refractivity (Wildman–Crippen MR) is 82.8 cm³/mol. The van der Waals surface area contributed by atoms with Gasteiger partial charge in [-0.15, -0.1) is 0 Å². The van der Waals surface area contributed by atoms with Gasteiger partial charge in [-0.3, -0.25) is 4.79 Å². The molecule has 0 aromatic rings. The van der Waals surface area contributed by atoms with Gasteiger partial charge in [-0.25, -0.2) is 14.8 Å². The van der Waals surface area contributed by atoms with E-state index in [4.69, 9.17) is 0 Å². The highest BCUT2D eigenvalue weighted by atomic mass is 16.2. The number of fused-ring (bicyclic) bond motifs is 1. The molecule has 0 saturated carbocycles. The van der Waals surface area contributed by atoms with E-state index in [1.54, 1.807) is 9.91 Å². The summed E-state index contributed by atoms with van der Waals surface area (Å²) in [5.74, 6) is 0.254. The van der Waals surface area contributed by atoms with Gasteiger partial charge in [0.25, 0.3) is 0 Å². The second-order valence-electron chi connectivity index (χ2n) is 6.69. The summed E-state index contributed by atoms with van der Waals surface area (Å²) in [7, 11) is 1.82. The molecule has 0 aliphatic carbocycles. The van der Waals surface area contributed by atoms with Crippen molar-refractivity contribution in [2.45, 2.75) is 58.9 Å². The molecule has 0 aromatic heterocycles. The molecule has 120 valence electrons. The number of carbonyl (C=O) groups excluding carboxylic acids is 2. The highest BCUT2D eigenvalue weighted by Crippen LogP contribution is 2.35. The fourth-order valence-electron chi connectivity index (χ4n) is 3.39. The number of nitrogens with zero attached hydrogens (tertiary/aromatic N) is 3. The molecule has 21 heavy (non-hydrogen) atoms. The number of hydrogen-bond acceptors (Lipinski definition) is 3. The minimum absolute atomic E-state index is 0.0222. The summed E-state index contributed by atoms with van der Waals surface area (Å²) >= 11 is 0. The lowest BCUT2D eigenvalue weighted by Crippen LogP contribution is -2.60. The fourth-order valence-corrected chi connectivity index (χ4v) is 3.39. The third-order valence-electron chi connectivity index (χ3n) is 5.24. The minimum Gasteiger partial charge on any atom is -0.325 e. The SMILES string of the molecule is CCCCC(C)(CC)C(=O)[C@@H]1CCN2CCN(C)C(=O)N12. The van der Waals surface area contributed by atoms with Crippen molar-refractivity contribution in [3.63, 3.8) is 0 Å². The Kier molecular flexibility index (Phi) is 4.91. The van der Waals surface area contributed by atoms with Crippen LogP contribution in [0.5, 0.6) is 0 Å². The zero-order valence-corrected chi connectivity index (χ0v) is 13.9. The lowest BCUT2D eigenvalue weighted by Gasteiger charge is -2.41. The van der Waals surface area contributed by atoms with E-state index in [1.807, 2.05) is 7.05 Å². The molecule has 0 spiro atoms. The maximum atomic E-state index is 13.1. The van der Waals surface area contributed by atoms with Crippen LogP contribution in [0.15, 0.2) is 0 Å². The van der Waals surface area contributed by atoms with E-state index in [1.165, 1.54) is 0 Å².